The minimum Gasteiger partial charge on any atom is -0.497 e. The number of rotatable bonds is 11. The van der Waals surface area contributed by atoms with E-state index >= 15 is 0 Å². The van der Waals surface area contributed by atoms with Crippen LogP contribution in [0.25, 0.3) is 11.3 Å². The van der Waals surface area contributed by atoms with Crippen molar-refractivity contribution in [2.75, 3.05) is 13.7 Å². The SMILES string of the molecule is CCCCOc1cccc(CNC(=O)CCc2ncc(-c3ccc(OC)cc3)o2)c1. The summed E-state index contributed by atoms with van der Waals surface area (Å²) in [5.74, 6) is 2.79. The summed E-state index contributed by atoms with van der Waals surface area (Å²) in [6, 6.07) is 15.4. The number of benzene rings is 2. The number of carbonyl (C=O) groups excluding carboxylic acids is 1. The van der Waals surface area contributed by atoms with Gasteiger partial charge in [-0.3, -0.25) is 4.79 Å². The Morgan fingerprint density at radius 3 is 2.73 bits per heavy atom. The van der Waals surface area contributed by atoms with Crippen LogP contribution >= 0.6 is 0 Å². The van der Waals surface area contributed by atoms with Gasteiger partial charge in [0.05, 0.1) is 19.9 Å². The molecule has 1 N–H and O–H groups in total. The number of hydrogen-bond donors (Lipinski definition) is 1. The predicted octanol–water partition coefficient (Wildman–Crippen LogP) is 4.78. The molecule has 1 aromatic heterocycles. The zero-order valence-electron chi connectivity index (χ0n) is 17.5. The molecular weight excluding hydrogens is 380 g/mol. The third-order valence-electron chi connectivity index (χ3n) is 4.65. The standard InChI is InChI=1S/C24H28N2O4/c1-3-4-14-29-21-7-5-6-18(15-21)16-25-23(27)12-13-24-26-17-22(30-24)19-8-10-20(28-2)11-9-19/h5-11,15,17H,3-4,12-14,16H2,1-2H3,(H,25,27). The molecule has 0 fully saturated rings. The molecule has 2 aromatic carbocycles. The summed E-state index contributed by atoms with van der Waals surface area (Å²) < 4.78 is 16.6. The third kappa shape index (κ3) is 6.37. The quantitative estimate of drug-likeness (QED) is 0.462. The maximum absolute atomic E-state index is 12.2. The Balaban J connectivity index is 1.45. The van der Waals surface area contributed by atoms with E-state index in [4.69, 9.17) is 13.9 Å². The second-order valence-electron chi connectivity index (χ2n) is 6.97. The van der Waals surface area contributed by atoms with Crippen molar-refractivity contribution in [2.24, 2.45) is 0 Å². The van der Waals surface area contributed by atoms with E-state index in [1.807, 2.05) is 48.5 Å². The van der Waals surface area contributed by atoms with Crippen molar-refractivity contribution in [3.63, 3.8) is 0 Å². The van der Waals surface area contributed by atoms with Crippen LogP contribution in [0.15, 0.2) is 59.1 Å². The van der Waals surface area contributed by atoms with Crippen LogP contribution in [0.2, 0.25) is 0 Å². The fourth-order valence-electron chi connectivity index (χ4n) is 2.90. The van der Waals surface area contributed by atoms with E-state index < -0.39 is 0 Å². The number of methoxy groups -OCH3 is 1. The van der Waals surface area contributed by atoms with Crippen molar-refractivity contribution in [1.82, 2.24) is 10.3 Å². The van der Waals surface area contributed by atoms with Gasteiger partial charge in [-0.1, -0.05) is 25.5 Å². The molecule has 0 atom stereocenters. The summed E-state index contributed by atoms with van der Waals surface area (Å²) >= 11 is 0. The maximum Gasteiger partial charge on any atom is 0.220 e. The monoisotopic (exact) mass is 408 g/mol. The van der Waals surface area contributed by atoms with Gasteiger partial charge in [0.2, 0.25) is 5.91 Å². The molecule has 0 spiro atoms. The van der Waals surface area contributed by atoms with Crippen LogP contribution in [0, 0.1) is 0 Å². The number of ether oxygens (including phenoxy) is 2. The van der Waals surface area contributed by atoms with Crippen LogP contribution in [-0.2, 0) is 17.8 Å². The molecular formula is C24H28N2O4. The van der Waals surface area contributed by atoms with Crippen molar-refractivity contribution in [3.8, 4) is 22.8 Å². The largest absolute Gasteiger partial charge is 0.497 e. The van der Waals surface area contributed by atoms with E-state index in [9.17, 15) is 4.79 Å². The van der Waals surface area contributed by atoms with Crippen molar-refractivity contribution >= 4 is 5.91 Å². The summed E-state index contributed by atoms with van der Waals surface area (Å²) in [4.78, 5) is 16.5. The molecule has 3 aromatic rings. The number of nitrogens with zero attached hydrogens (tertiary/aromatic N) is 1. The lowest BCUT2D eigenvalue weighted by molar-refractivity contribution is -0.121. The van der Waals surface area contributed by atoms with Gasteiger partial charge in [-0.25, -0.2) is 4.98 Å². The number of nitrogens with one attached hydrogen (secondary N) is 1. The van der Waals surface area contributed by atoms with Crippen molar-refractivity contribution in [1.29, 1.82) is 0 Å². The highest BCUT2D eigenvalue weighted by Gasteiger charge is 2.09. The number of oxazole rings is 1. The summed E-state index contributed by atoms with van der Waals surface area (Å²) in [5, 5.41) is 2.94. The van der Waals surface area contributed by atoms with Gasteiger partial charge in [0.25, 0.3) is 0 Å². The summed E-state index contributed by atoms with van der Waals surface area (Å²) in [5.41, 5.74) is 1.93. The number of aryl methyl sites for hydroxylation is 1. The first-order chi connectivity index (χ1) is 14.7. The van der Waals surface area contributed by atoms with E-state index in [0.29, 0.717) is 37.6 Å². The van der Waals surface area contributed by atoms with Gasteiger partial charge in [0, 0.05) is 24.9 Å². The lowest BCUT2D eigenvalue weighted by Crippen LogP contribution is -2.23. The van der Waals surface area contributed by atoms with Gasteiger partial charge < -0.3 is 19.2 Å². The third-order valence-corrected chi connectivity index (χ3v) is 4.65. The van der Waals surface area contributed by atoms with E-state index in [1.165, 1.54) is 0 Å². The van der Waals surface area contributed by atoms with Gasteiger partial charge in [0.15, 0.2) is 11.7 Å². The van der Waals surface area contributed by atoms with Gasteiger partial charge in [0.1, 0.15) is 11.5 Å². The van der Waals surface area contributed by atoms with Crippen LogP contribution < -0.4 is 14.8 Å². The first-order valence-electron chi connectivity index (χ1n) is 10.3. The van der Waals surface area contributed by atoms with Crippen molar-refractivity contribution < 1.29 is 18.7 Å². The van der Waals surface area contributed by atoms with E-state index in [1.54, 1.807) is 13.3 Å². The van der Waals surface area contributed by atoms with Crippen LogP contribution in [0.5, 0.6) is 11.5 Å². The predicted molar refractivity (Wildman–Crippen MR) is 116 cm³/mol. The first kappa shape index (κ1) is 21.4. The van der Waals surface area contributed by atoms with E-state index in [-0.39, 0.29) is 5.91 Å². The molecule has 0 aliphatic carbocycles. The molecule has 0 unspecified atom stereocenters. The first-order valence-corrected chi connectivity index (χ1v) is 10.3. The van der Waals surface area contributed by atoms with Crippen LogP contribution in [-0.4, -0.2) is 24.6 Å². The summed E-state index contributed by atoms with van der Waals surface area (Å²) in [7, 11) is 1.63. The average Bonchev–Trinajstić information content (AvgIpc) is 3.26. The molecule has 1 heterocycles. The Bertz CT molecular complexity index is 934. The summed E-state index contributed by atoms with van der Waals surface area (Å²) in [6.07, 6.45) is 4.57. The second kappa shape index (κ2) is 11.0. The van der Waals surface area contributed by atoms with E-state index in [2.05, 4.69) is 17.2 Å². The average molecular weight is 408 g/mol. The van der Waals surface area contributed by atoms with Crippen molar-refractivity contribution in [2.45, 2.75) is 39.2 Å². The molecule has 1 amide bonds. The van der Waals surface area contributed by atoms with Crippen LogP contribution in [0.3, 0.4) is 0 Å². The number of carbonyl (C=O) groups is 1. The highest BCUT2D eigenvalue weighted by molar-refractivity contribution is 5.76. The lowest BCUT2D eigenvalue weighted by Gasteiger charge is -2.08. The molecule has 0 aliphatic rings. The van der Waals surface area contributed by atoms with E-state index in [0.717, 1.165) is 35.5 Å². The molecule has 6 heteroatoms. The topological polar surface area (TPSA) is 73.6 Å². The molecule has 0 bridgehead atoms. The Morgan fingerprint density at radius 2 is 1.97 bits per heavy atom. The molecule has 0 aliphatic heterocycles. The Labute approximate surface area is 177 Å². The lowest BCUT2D eigenvalue weighted by atomic mass is 10.2. The van der Waals surface area contributed by atoms with Gasteiger partial charge in [-0.15, -0.1) is 0 Å². The number of hydrogen-bond acceptors (Lipinski definition) is 5. The molecule has 0 radical (unpaired) electrons. The zero-order valence-corrected chi connectivity index (χ0v) is 17.5. The highest BCUT2D eigenvalue weighted by atomic mass is 16.5. The fraction of sp³-hybridized carbons (Fsp3) is 0.333. The van der Waals surface area contributed by atoms with Crippen LogP contribution in [0.4, 0.5) is 0 Å². The number of unbranched alkanes of at least 4 members (excludes halogenated alkanes) is 1. The second-order valence-corrected chi connectivity index (χ2v) is 6.97. The normalized spacial score (nSPS) is 10.6. The maximum atomic E-state index is 12.2. The number of amides is 1. The summed E-state index contributed by atoms with van der Waals surface area (Å²) in [6.45, 7) is 3.31. The zero-order chi connectivity index (χ0) is 21.2. The van der Waals surface area contributed by atoms with Crippen LogP contribution in [0.1, 0.15) is 37.6 Å². The molecule has 6 nitrogen and oxygen atoms in total. The smallest absolute Gasteiger partial charge is 0.220 e. The molecule has 30 heavy (non-hydrogen) atoms. The Kier molecular flexibility index (Phi) is 7.89. The highest BCUT2D eigenvalue weighted by Crippen LogP contribution is 2.23. The van der Waals surface area contributed by atoms with Gasteiger partial charge in [-0.05, 0) is 48.4 Å². The minimum absolute atomic E-state index is 0.0449. The number of aromatic nitrogens is 1. The van der Waals surface area contributed by atoms with Crippen molar-refractivity contribution in [3.05, 3.63) is 66.2 Å². The molecule has 3 rings (SSSR count). The van der Waals surface area contributed by atoms with Gasteiger partial charge in [-0.2, -0.15) is 0 Å². The minimum atomic E-state index is -0.0449. The molecule has 0 saturated carbocycles. The Hall–Kier alpha value is -3.28. The molecule has 158 valence electrons. The molecule has 0 saturated heterocycles. The van der Waals surface area contributed by atoms with Gasteiger partial charge >= 0.3 is 0 Å². The fourth-order valence-corrected chi connectivity index (χ4v) is 2.90. The Morgan fingerprint density at radius 1 is 1.13 bits per heavy atom.